The van der Waals surface area contributed by atoms with Gasteiger partial charge >= 0.3 is 0 Å². The maximum absolute atomic E-state index is 13.0. The zero-order valence-corrected chi connectivity index (χ0v) is 12.3. The van der Waals surface area contributed by atoms with Crippen LogP contribution in [0.3, 0.4) is 0 Å². The highest BCUT2D eigenvalue weighted by Gasteiger charge is 2.10. The van der Waals surface area contributed by atoms with Crippen molar-refractivity contribution < 1.29 is 9.18 Å². The minimum atomic E-state index is -0.260. The average molecular weight is 289 g/mol. The Labute approximate surface area is 123 Å². The van der Waals surface area contributed by atoms with Crippen molar-refractivity contribution in [3.8, 4) is 0 Å². The molecule has 4 nitrogen and oxygen atoms in total. The largest absolute Gasteiger partial charge is 0.350 e. The first-order valence-electron chi connectivity index (χ1n) is 7.11. The monoisotopic (exact) mass is 289 g/mol. The third-order valence-electron chi connectivity index (χ3n) is 3.08. The summed E-state index contributed by atoms with van der Waals surface area (Å²) in [6.45, 7) is 4.67. The van der Waals surface area contributed by atoms with Gasteiger partial charge in [0.15, 0.2) is 0 Å². The van der Waals surface area contributed by atoms with E-state index in [9.17, 15) is 9.18 Å². The van der Waals surface area contributed by atoms with Crippen LogP contribution in [0.15, 0.2) is 30.3 Å². The lowest BCUT2D eigenvalue weighted by Gasteiger charge is -2.03. The van der Waals surface area contributed by atoms with Gasteiger partial charge < -0.3 is 5.32 Å². The Morgan fingerprint density at radius 3 is 2.90 bits per heavy atom. The number of nitrogens with one attached hydrogen (secondary N) is 2. The number of hydrogen-bond donors (Lipinski definition) is 2. The third kappa shape index (κ3) is 4.70. The summed E-state index contributed by atoms with van der Waals surface area (Å²) in [6, 6.07) is 8.16. The summed E-state index contributed by atoms with van der Waals surface area (Å²) < 4.78 is 13.0. The number of nitrogens with zero attached hydrogens (tertiary/aromatic N) is 1. The molecule has 0 atom stereocenters. The normalized spacial score (nSPS) is 10.9. The predicted octanol–water partition coefficient (Wildman–Crippen LogP) is 2.72. The van der Waals surface area contributed by atoms with Crippen molar-refractivity contribution in [2.24, 2.45) is 5.92 Å². The fourth-order valence-corrected chi connectivity index (χ4v) is 2.13. The topological polar surface area (TPSA) is 57.8 Å². The number of halogens is 1. The molecule has 112 valence electrons. The number of hydrogen-bond acceptors (Lipinski definition) is 2. The highest BCUT2D eigenvalue weighted by Crippen LogP contribution is 2.07. The molecule has 5 heteroatoms. The van der Waals surface area contributed by atoms with E-state index in [4.69, 9.17) is 0 Å². The van der Waals surface area contributed by atoms with E-state index in [0.717, 1.165) is 17.7 Å². The van der Waals surface area contributed by atoms with E-state index in [1.54, 1.807) is 12.1 Å². The zero-order valence-electron chi connectivity index (χ0n) is 12.3. The SMILES string of the molecule is CC(C)Cc1cc(C(=O)NCCc2cccc(F)c2)n[nH]1. The van der Waals surface area contributed by atoms with Crippen LogP contribution in [0.5, 0.6) is 0 Å². The van der Waals surface area contributed by atoms with Crippen LogP contribution in [0.2, 0.25) is 0 Å². The van der Waals surface area contributed by atoms with Gasteiger partial charge in [0.2, 0.25) is 0 Å². The maximum Gasteiger partial charge on any atom is 0.271 e. The fraction of sp³-hybridized carbons (Fsp3) is 0.375. The molecule has 1 aromatic carbocycles. The van der Waals surface area contributed by atoms with Gasteiger partial charge in [0.1, 0.15) is 11.5 Å². The van der Waals surface area contributed by atoms with Crippen LogP contribution in [0, 0.1) is 11.7 Å². The molecule has 1 heterocycles. The van der Waals surface area contributed by atoms with E-state index in [1.165, 1.54) is 12.1 Å². The average Bonchev–Trinajstić information content (AvgIpc) is 2.86. The molecule has 2 rings (SSSR count). The van der Waals surface area contributed by atoms with E-state index in [1.807, 2.05) is 6.07 Å². The molecular weight excluding hydrogens is 269 g/mol. The van der Waals surface area contributed by atoms with Crippen molar-refractivity contribution in [2.45, 2.75) is 26.7 Å². The van der Waals surface area contributed by atoms with Crippen LogP contribution in [0.4, 0.5) is 4.39 Å². The fourth-order valence-electron chi connectivity index (χ4n) is 2.13. The molecule has 0 fully saturated rings. The smallest absolute Gasteiger partial charge is 0.271 e. The quantitative estimate of drug-likeness (QED) is 0.859. The Morgan fingerprint density at radius 2 is 2.19 bits per heavy atom. The van der Waals surface area contributed by atoms with Gasteiger partial charge in [-0.15, -0.1) is 0 Å². The Kier molecular flexibility index (Phi) is 5.09. The number of rotatable bonds is 6. The molecule has 0 saturated carbocycles. The molecule has 0 aliphatic carbocycles. The minimum Gasteiger partial charge on any atom is -0.350 e. The molecule has 1 aromatic heterocycles. The lowest BCUT2D eigenvalue weighted by Crippen LogP contribution is -2.26. The Hall–Kier alpha value is -2.17. The second kappa shape index (κ2) is 7.02. The summed E-state index contributed by atoms with van der Waals surface area (Å²) in [4.78, 5) is 11.9. The van der Waals surface area contributed by atoms with Crippen LogP contribution in [0.1, 0.15) is 35.6 Å². The first-order chi connectivity index (χ1) is 10.0. The highest BCUT2D eigenvalue weighted by molar-refractivity contribution is 5.92. The summed E-state index contributed by atoms with van der Waals surface area (Å²) in [6.07, 6.45) is 1.45. The standard InChI is InChI=1S/C16H20FN3O/c1-11(2)8-14-10-15(20-19-14)16(21)18-7-6-12-4-3-5-13(17)9-12/h3-5,9-11H,6-8H2,1-2H3,(H,18,21)(H,19,20). The van der Waals surface area contributed by atoms with Crippen LogP contribution >= 0.6 is 0 Å². The number of carbonyl (C=O) groups is 1. The lowest BCUT2D eigenvalue weighted by atomic mass is 10.1. The van der Waals surface area contributed by atoms with Gasteiger partial charge in [-0.25, -0.2) is 4.39 Å². The lowest BCUT2D eigenvalue weighted by molar-refractivity contribution is 0.0949. The molecular formula is C16H20FN3O. The molecule has 0 aliphatic rings. The first kappa shape index (κ1) is 15.2. The minimum absolute atomic E-state index is 0.211. The van der Waals surface area contributed by atoms with Crippen molar-refractivity contribution in [2.75, 3.05) is 6.54 Å². The molecule has 0 unspecified atom stereocenters. The Balaban J connectivity index is 1.83. The van der Waals surface area contributed by atoms with Gasteiger partial charge in [-0.3, -0.25) is 9.89 Å². The summed E-state index contributed by atoms with van der Waals surface area (Å²) in [7, 11) is 0. The molecule has 0 saturated heterocycles. The van der Waals surface area contributed by atoms with Gasteiger partial charge in [0.25, 0.3) is 5.91 Å². The van der Waals surface area contributed by atoms with Gasteiger partial charge in [0.05, 0.1) is 0 Å². The zero-order chi connectivity index (χ0) is 15.2. The van der Waals surface area contributed by atoms with Gasteiger partial charge in [-0.05, 0) is 42.5 Å². The number of benzene rings is 1. The molecule has 0 spiro atoms. The molecule has 0 radical (unpaired) electrons. The summed E-state index contributed by atoms with van der Waals surface area (Å²) in [5, 5.41) is 9.67. The maximum atomic E-state index is 13.0. The molecule has 0 bridgehead atoms. The van der Waals surface area contributed by atoms with Gasteiger partial charge in [-0.1, -0.05) is 26.0 Å². The van der Waals surface area contributed by atoms with E-state index in [2.05, 4.69) is 29.4 Å². The summed E-state index contributed by atoms with van der Waals surface area (Å²) in [5.74, 6) is 0.0384. The highest BCUT2D eigenvalue weighted by atomic mass is 19.1. The molecule has 2 aromatic rings. The number of aromatic amines is 1. The van der Waals surface area contributed by atoms with Crippen molar-refractivity contribution in [3.05, 3.63) is 53.1 Å². The van der Waals surface area contributed by atoms with E-state index in [0.29, 0.717) is 24.6 Å². The van der Waals surface area contributed by atoms with Gasteiger partial charge in [0, 0.05) is 12.2 Å². The second-order valence-corrected chi connectivity index (χ2v) is 5.51. The number of H-pyrrole nitrogens is 1. The molecule has 21 heavy (non-hydrogen) atoms. The number of aromatic nitrogens is 2. The molecule has 2 N–H and O–H groups in total. The van der Waals surface area contributed by atoms with Crippen LogP contribution in [-0.4, -0.2) is 22.6 Å². The summed E-state index contributed by atoms with van der Waals surface area (Å²) >= 11 is 0. The summed E-state index contributed by atoms with van der Waals surface area (Å²) in [5.41, 5.74) is 2.21. The predicted molar refractivity (Wildman–Crippen MR) is 79.6 cm³/mol. The molecule has 0 aliphatic heterocycles. The molecule has 1 amide bonds. The number of carbonyl (C=O) groups excluding carboxylic acids is 1. The van der Waals surface area contributed by atoms with E-state index >= 15 is 0 Å². The van der Waals surface area contributed by atoms with Crippen molar-refractivity contribution in [3.63, 3.8) is 0 Å². The van der Waals surface area contributed by atoms with Crippen LogP contribution in [-0.2, 0) is 12.8 Å². The van der Waals surface area contributed by atoms with Gasteiger partial charge in [-0.2, -0.15) is 5.10 Å². The van der Waals surface area contributed by atoms with E-state index in [-0.39, 0.29) is 11.7 Å². The van der Waals surface area contributed by atoms with Crippen molar-refractivity contribution in [1.82, 2.24) is 15.5 Å². The number of amides is 1. The Bertz CT molecular complexity index is 607. The van der Waals surface area contributed by atoms with Crippen molar-refractivity contribution >= 4 is 5.91 Å². The van der Waals surface area contributed by atoms with Crippen LogP contribution in [0.25, 0.3) is 0 Å². The first-order valence-corrected chi connectivity index (χ1v) is 7.11. The van der Waals surface area contributed by atoms with Crippen molar-refractivity contribution in [1.29, 1.82) is 0 Å². The third-order valence-corrected chi connectivity index (χ3v) is 3.08. The van der Waals surface area contributed by atoms with E-state index < -0.39 is 0 Å². The second-order valence-electron chi connectivity index (χ2n) is 5.51. The van der Waals surface area contributed by atoms with Crippen LogP contribution < -0.4 is 5.32 Å². The Morgan fingerprint density at radius 1 is 1.38 bits per heavy atom.